The van der Waals surface area contributed by atoms with Gasteiger partial charge in [0.05, 0.1) is 24.1 Å². The number of nitrogens with zero attached hydrogens (tertiary/aromatic N) is 1. The monoisotopic (exact) mass is 337 g/mol. The maximum atomic E-state index is 12.8. The fourth-order valence-electron chi connectivity index (χ4n) is 2.20. The molecule has 2 aromatic rings. The molecule has 0 aliphatic carbocycles. The van der Waals surface area contributed by atoms with Crippen molar-refractivity contribution in [2.45, 2.75) is 18.4 Å². The van der Waals surface area contributed by atoms with Crippen LogP contribution in [0.3, 0.4) is 0 Å². The zero-order valence-electron chi connectivity index (χ0n) is 12.9. The molecule has 1 heterocycles. The highest BCUT2D eigenvalue weighted by atomic mass is 32.2. The van der Waals surface area contributed by atoms with E-state index in [1.54, 1.807) is 11.1 Å². The van der Waals surface area contributed by atoms with Crippen molar-refractivity contribution in [1.29, 1.82) is 0 Å². The minimum absolute atomic E-state index is 0.127. The second kappa shape index (κ2) is 6.84. The third-order valence-corrected chi connectivity index (χ3v) is 4.33. The van der Waals surface area contributed by atoms with E-state index in [-0.39, 0.29) is 16.4 Å². The van der Waals surface area contributed by atoms with Crippen LogP contribution in [0.25, 0.3) is 0 Å². The van der Waals surface area contributed by atoms with Gasteiger partial charge < -0.3 is 14.6 Å². The number of hydrogen-bond donors (Lipinski definition) is 2. The third-order valence-electron chi connectivity index (χ3n) is 3.42. The standard InChI is InChI=1S/C15H19N3O4S/c1-3-18(10-11-5-4-8-17-11)15(19)13-9-12(23(16,20)21)6-7-14(13)22-2/h4-9,17H,3,10H2,1-2H3,(H2,16,20,21). The van der Waals surface area contributed by atoms with Gasteiger partial charge in [-0.1, -0.05) is 0 Å². The van der Waals surface area contributed by atoms with Crippen LogP contribution in [0.5, 0.6) is 5.75 Å². The number of nitrogens with one attached hydrogen (secondary N) is 1. The van der Waals surface area contributed by atoms with E-state index in [1.807, 2.05) is 19.1 Å². The van der Waals surface area contributed by atoms with Gasteiger partial charge in [-0.05, 0) is 37.3 Å². The van der Waals surface area contributed by atoms with Gasteiger partial charge in [-0.3, -0.25) is 4.79 Å². The number of aromatic nitrogens is 1. The Morgan fingerprint density at radius 1 is 1.35 bits per heavy atom. The predicted molar refractivity (Wildman–Crippen MR) is 85.6 cm³/mol. The van der Waals surface area contributed by atoms with Crippen LogP contribution in [-0.2, 0) is 16.6 Å². The summed E-state index contributed by atoms with van der Waals surface area (Å²) in [6.07, 6.45) is 1.77. The van der Waals surface area contributed by atoms with E-state index in [0.717, 1.165) is 5.69 Å². The molecule has 0 aliphatic heterocycles. The quantitative estimate of drug-likeness (QED) is 0.829. The van der Waals surface area contributed by atoms with Crippen LogP contribution in [0.2, 0.25) is 0 Å². The number of sulfonamides is 1. The molecule has 23 heavy (non-hydrogen) atoms. The van der Waals surface area contributed by atoms with E-state index < -0.39 is 10.0 Å². The molecule has 1 amide bonds. The van der Waals surface area contributed by atoms with Crippen LogP contribution in [0.15, 0.2) is 41.4 Å². The number of methoxy groups -OCH3 is 1. The zero-order valence-corrected chi connectivity index (χ0v) is 13.8. The summed E-state index contributed by atoms with van der Waals surface area (Å²) in [5, 5.41) is 5.14. The summed E-state index contributed by atoms with van der Waals surface area (Å²) in [4.78, 5) is 17.2. The Morgan fingerprint density at radius 3 is 2.61 bits per heavy atom. The maximum Gasteiger partial charge on any atom is 0.258 e. The van der Waals surface area contributed by atoms with E-state index in [9.17, 15) is 13.2 Å². The summed E-state index contributed by atoms with van der Waals surface area (Å²) in [5.74, 6) is -0.0308. The molecule has 8 heteroatoms. The largest absolute Gasteiger partial charge is 0.496 e. The minimum Gasteiger partial charge on any atom is -0.496 e. The number of rotatable bonds is 6. The second-order valence-electron chi connectivity index (χ2n) is 4.92. The van der Waals surface area contributed by atoms with E-state index >= 15 is 0 Å². The van der Waals surface area contributed by atoms with Crippen molar-refractivity contribution in [3.63, 3.8) is 0 Å². The first-order valence-corrected chi connectivity index (χ1v) is 8.53. The number of H-pyrrole nitrogens is 1. The number of ether oxygens (including phenoxy) is 1. The molecular weight excluding hydrogens is 318 g/mol. The number of primary sulfonamides is 1. The molecule has 0 saturated carbocycles. The molecule has 0 unspecified atom stereocenters. The van der Waals surface area contributed by atoms with Gasteiger partial charge in [0, 0.05) is 18.4 Å². The van der Waals surface area contributed by atoms with Gasteiger partial charge >= 0.3 is 0 Å². The first-order valence-electron chi connectivity index (χ1n) is 6.99. The van der Waals surface area contributed by atoms with Crippen LogP contribution >= 0.6 is 0 Å². The number of hydrogen-bond acceptors (Lipinski definition) is 4. The fourth-order valence-corrected chi connectivity index (χ4v) is 2.74. The fraction of sp³-hybridized carbons (Fsp3) is 0.267. The molecule has 0 radical (unpaired) electrons. The van der Waals surface area contributed by atoms with Crippen molar-refractivity contribution < 1.29 is 17.9 Å². The van der Waals surface area contributed by atoms with E-state index in [2.05, 4.69) is 4.98 Å². The number of carbonyl (C=O) groups excluding carboxylic acids is 1. The first-order chi connectivity index (χ1) is 10.9. The van der Waals surface area contributed by atoms with Gasteiger partial charge in [-0.15, -0.1) is 0 Å². The third kappa shape index (κ3) is 3.91. The van der Waals surface area contributed by atoms with Crippen molar-refractivity contribution in [3.8, 4) is 5.75 Å². The van der Waals surface area contributed by atoms with Crippen molar-refractivity contribution in [3.05, 3.63) is 47.8 Å². The summed E-state index contributed by atoms with van der Waals surface area (Å²) < 4.78 is 28.2. The topological polar surface area (TPSA) is 105 Å². The van der Waals surface area contributed by atoms with Gasteiger partial charge in [-0.2, -0.15) is 0 Å². The normalized spacial score (nSPS) is 11.3. The molecule has 0 bridgehead atoms. The molecule has 1 aromatic heterocycles. The van der Waals surface area contributed by atoms with Gasteiger partial charge in [0.25, 0.3) is 5.91 Å². The molecule has 0 saturated heterocycles. The van der Waals surface area contributed by atoms with Crippen molar-refractivity contribution in [1.82, 2.24) is 9.88 Å². The first kappa shape index (κ1) is 17.0. The molecule has 0 aliphatic rings. The van der Waals surface area contributed by atoms with Crippen LogP contribution in [0, 0.1) is 0 Å². The average molecular weight is 337 g/mol. The number of benzene rings is 1. The van der Waals surface area contributed by atoms with Gasteiger partial charge in [0.2, 0.25) is 10.0 Å². The van der Waals surface area contributed by atoms with Crippen molar-refractivity contribution >= 4 is 15.9 Å². The molecule has 2 rings (SSSR count). The molecule has 3 N–H and O–H groups in total. The van der Waals surface area contributed by atoms with Gasteiger partial charge in [-0.25, -0.2) is 13.6 Å². The summed E-state index contributed by atoms with van der Waals surface area (Å²) in [5.41, 5.74) is 1.04. The Balaban J connectivity index is 2.39. The highest BCUT2D eigenvalue weighted by molar-refractivity contribution is 7.89. The second-order valence-corrected chi connectivity index (χ2v) is 6.48. The average Bonchev–Trinajstić information content (AvgIpc) is 3.03. The predicted octanol–water partition coefficient (Wildman–Crippen LogP) is 1.33. The lowest BCUT2D eigenvalue weighted by atomic mass is 10.1. The zero-order chi connectivity index (χ0) is 17.0. The highest BCUT2D eigenvalue weighted by Gasteiger charge is 2.21. The molecule has 7 nitrogen and oxygen atoms in total. The molecule has 124 valence electrons. The lowest BCUT2D eigenvalue weighted by Gasteiger charge is -2.21. The number of nitrogens with two attached hydrogens (primary N) is 1. The summed E-state index contributed by atoms with van der Waals surface area (Å²) >= 11 is 0. The number of aromatic amines is 1. The summed E-state index contributed by atoms with van der Waals surface area (Å²) in [6, 6.07) is 7.69. The smallest absolute Gasteiger partial charge is 0.258 e. The molecule has 1 aromatic carbocycles. The number of carbonyl (C=O) groups is 1. The minimum atomic E-state index is -3.90. The number of amides is 1. The maximum absolute atomic E-state index is 12.8. The molecule has 0 spiro atoms. The lowest BCUT2D eigenvalue weighted by molar-refractivity contribution is 0.0747. The van der Waals surface area contributed by atoms with E-state index in [0.29, 0.717) is 18.8 Å². The van der Waals surface area contributed by atoms with Crippen molar-refractivity contribution in [2.24, 2.45) is 5.14 Å². The Hall–Kier alpha value is -2.32. The molecule has 0 atom stereocenters. The molecular formula is C15H19N3O4S. The van der Waals surface area contributed by atoms with Gasteiger partial charge in [0.15, 0.2) is 0 Å². The summed E-state index contributed by atoms with van der Waals surface area (Å²) in [7, 11) is -2.48. The van der Waals surface area contributed by atoms with Crippen LogP contribution in [0.4, 0.5) is 0 Å². The summed E-state index contributed by atoms with van der Waals surface area (Å²) in [6.45, 7) is 2.68. The van der Waals surface area contributed by atoms with Crippen LogP contribution < -0.4 is 9.88 Å². The highest BCUT2D eigenvalue weighted by Crippen LogP contribution is 2.24. The Kier molecular flexibility index (Phi) is 5.07. The molecule has 0 fully saturated rings. The Bertz CT molecular complexity index is 785. The van der Waals surface area contributed by atoms with E-state index in [1.165, 1.54) is 25.3 Å². The Labute approximate surface area is 135 Å². The lowest BCUT2D eigenvalue weighted by Crippen LogP contribution is -2.31. The Morgan fingerprint density at radius 2 is 2.09 bits per heavy atom. The van der Waals surface area contributed by atoms with Crippen LogP contribution in [0.1, 0.15) is 23.0 Å². The van der Waals surface area contributed by atoms with E-state index in [4.69, 9.17) is 9.88 Å². The SMILES string of the molecule is CCN(Cc1ccc[nH]1)C(=O)c1cc(S(N)(=O)=O)ccc1OC. The van der Waals surface area contributed by atoms with Crippen LogP contribution in [-0.4, -0.2) is 37.9 Å². The van der Waals surface area contributed by atoms with Crippen molar-refractivity contribution in [2.75, 3.05) is 13.7 Å². The van der Waals surface area contributed by atoms with Gasteiger partial charge in [0.1, 0.15) is 5.75 Å².